The van der Waals surface area contributed by atoms with E-state index in [1.807, 2.05) is 22.9 Å². The van der Waals surface area contributed by atoms with Crippen LogP contribution >= 0.6 is 23.4 Å². The Bertz CT molecular complexity index is 899. The average Bonchev–Trinajstić information content (AvgIpc) is 3.32. The summed E-state index contributed by atoms with van der Waals surface area (Å²) in [5, 5.41) is 8.69. The molecular formula is C17H18ClN5OS. The summed E-state index contributed by atoms with van der Waals surface area (Å²) >= 11 is 7.35. The van der Waals surface area contributed by atoms with Crippen LogP contribution in [0.3, 0.4) is 0 Å². The Morgan fingerprint density at radius 1 is 1.36 bits per heavy atom. The molecule has 0 bridgehead atoms. The largest absolute Gasteiger partial charge is 0.333 e. The van der Waals surface area contributed by atoms with Gasteiger partial charge in [0.2, 0.25) is 5.91 Å². The number of aromatic amines is 1. The molecule has 2 heterocycles. The molecule has 3 aromatic rings. The monoisotopic (exact) mass is 375 g/mol. The number of hydrogen-bond acceptors (Lipinski definition) is 4. The average molecular weight is 376 g/mol. The fourth-order valence-corrected chi connectivity index (χ4v) is 4.05. The normalized spacial score (nSPS) is 15.1. The van der Waals surface area contributed by atoms with Gasteiger partial charge in [0.25, 0.3) is 0 Å². The van der Waals surface area contributed by atoms with E-state index >= 15 is 0 Å². The summed E-state index contributed by atoms with van der Waals surface area (Å²) in [4.78, 5) is 19.9. The van der Waals surface area contributed by atoms with E-state index in [1.54, 1.807) is 12.3 Å². The number of rotatable bonds is 5. The van der Waals surface area contributed by atoms with E-state index in [4.69, 9.17) is 11.6 Å². The highest BCUT2D eigenvalue weighted by Crippen LogP contribution is 2.31. The molecule has 1 fully saturated rings. The second-order valence-corrected chi connectivity index (χ2v) is 7.54. The molecule has 1 aliphatic rings. The van der Waals surface area contributed by atoms with Crippen molar-refractivity contribution >= 4 is 46.1 Å². The van der Waals surface area contributed by atoms with Crippen molar-refractivity contribution in [3.8, 4) is 0 Å². The Morgan fingerprint density at radius 3 is 3.04 bits per heavy atom. The summed E-state index contributed by atoms with van der Waals surface area (Å²) in [7, 11) is 0. The van der Waals surface area contributed by atoms with E-state index in [-0.39, 0.29) is 11.7 Å². The highest BCUT2D eigenvalue weighted by Gasteiger charge is 2.20. The predicted molar refractivity (Wildman–Crippen MR) is 100 cm³/mol. The molecule has 0 atom stereocenters. The molecule has 8 heteroatoms. The van der Waals surface area contributed by atoms with Crippen LogP contribution in [0.5, 0.6) is 0 Å². The quantitative estimate of drug-likeness (QED) is 0.653. The van der Waals surface area contributed by atoms with E-state index in [1.165, 1.54) is 24.6 Å². The maximum Gasteiger partial charge on any atom is 0.235 e. The lowest BCUT2D eigenvalue weighted by molar-refractivity contribution is -0.113. The molecule has 0 aliphatic heterocycles. The standard InChI is InChI=1S/C17H18ClN5OS/c18-11-5-6-13-14(9-11)21-17(20-13)25-10-16(24)22-15-7-8-19-23(15)12-3-1-2-4-12/h5-9,12H,1-4,10H2,(H,20,21)(H,22,24). The third kappa shape index (κ3) is 3.67. The highest BCUT2D eigenvalue weighted by atomic mass is 35.5. The molecule has 6 nitrogen and oxygen atoms in total. The third-order valence-corrected chi connectivity index (χ3v) is 5.48. The molecule has 1 aromatic carbocycles. The van der Waals surface area contributed by atoms with Crippen molar-refractivity contribution in [1.29, 1.82) is 0 Å². The fraction of sp³-hybridized carbons (Fsp3) is 0.353. The number of nitrogens with zero attached hydrogens (tertiary/aromatic N) is 3. The first kappa shape index (κ1) is 16.5. The number of nitrogens with one attached hydrogen (secondary N) is 2. The minimum atomic E-state index is -0.0664. The van der Waals surface area contributed by atoms with Crippen LogP contribution in [-0.2, 0) is 4.79 Å². The molecule has 1 saturated carbocycles. The van der Waals surface area contributed by atoms with Crippen molar-refractivity contribution in [2.24, 2.45) is 0 Å². The second kappa shape index (κ2) is 7.09. The number of anilines is 1. The minimum absolute atomic E-state index is 0.0664. The number of hydrogen-bond donors (Lipinski definition) is 2. The van der Waals surface area contributed by atoms with Crippen LogP contribution in [0.2, 0.25) is 5.02 Å². The molecule has 1 aliphatic carbocycles. The number of aromatic nitrogens is 4. The molecule has 4 rings (SSSR count). The van der Waals surface area contributed by atoms with Gasteiger partial charge < -0.3 is 10.3 Å². The number of imidazole rings is 1. The van der Waals surface area contributed by atoms with Crippen molar-refractivity contribution in [2.45, 2.75) is 36.9 Å². The minimum Gasteiger partial charge on any atom is -0.333 e. The number of H-pyrrole nitrogens is 1. The lowest BCUT2D eigenvalue weighted by Crippen LogP contribution is -2.19. The summed E-state index contributed by atoms with van der Waals surface area (Å²) in [6.45, 7) is 0. The lowest BCUT2D eigenvalue weighted by Gasteiger charge is -2.14. The van der Waals surface area contributed by atoms with Gasteiger partial charge in [-0.05, 0) is 31.0 Å². The number of carbonyl (C=O) groups is 1. The van der Waals surface area contributed by atoms with Crippen molar-refractivity contribution in [3.05, 3.63) is 35.5 Å². The Hall–Kier alpha value is -1.99. The zero-order chi connectivity index (χ0) is 17.2. The van der Waals surface area contributed by atoms with Gasteiger partial charge in [0.1, 0.15) is 5.82 Å². The van der Waals surface area contributed by atoms with Crippen molar-refractivity contribution in [3.63, 3.8) is 0 Å². The maximum atomic E-state index is 12.3. The van der Waals surface area contributed by atoms with Crippen LogP contribution in [0.15, 0.2) is 35.6 Å². The summed E-state index contributed by atoms with van der Waals surface area (Å²) in [6.07, 6.45) is 6.44. The van der Waals surface area contributed by atoms with Crippen LogP contribution in [0.25, 0.3) is 11.0 Å². The molecular weight excluding hydrogens is 358 g/mol. The SMILES string of the molecule is O=C(CSc1nc2ccc(Cl)cc2[nH]1)Nc1ccnn1C1CCCC1. The van der Waals surface area contributed by atoms with Gasteiger partial charge in [-0.1, -0.05) is 36.2 Å². The summed E-state index contributed by atoms with van der Waals surface area (Å²) in [5.41, 5.74) is 1.71. The van der Waals surface area contributed by atoms with Gasteiger partial charge in [0.05, 0.1) is 29.0 Å². The van der Waals surface area contributed by atoms with Gasteiger partial charge in [-0.2, -0.15) is 5.10 Å². The van der Waals surface area contributed by atoms with Crippen LogP contribution in [0.4, 0.5) is 5.82 Å². The molecule has 1 amide bonds. The Morgan fingerprint density at radius 2 is 2.20 bits per heavy atom. The Labute approximate surface area is 154 Å². The zero-order valence-electron chi connectivity index (χ0n) is 13.5. The lowest BCUT2D eigenvalue weighted by atomic mass is 10.2. The van der Waals surface area contributed by atoms with Gasteiger partial charge >= 0.3 is 0 Å². The van der Waals surface area contributed by atoms with E-state index in [0.29, 0.717) is 16.2 Å². The van der Waals surface area contributed by atoms with Crippen molar-refractivity contribution in [1.82, 2.24) is 19.7 Å². The summed E-state index contributed by atoms with van der Waals surface area (Å²) in [5.74, 6) is 0.987. The number of halogens is 1. The van der Waals surface area contributed by atoms with Crippen LogP contribution in [-0.4, -0.2) is 31.4 Å². The Kier molecular flexibility index (Phi) is 4.67. The van der Waals surface area contributed by atoms with Crippen molar-refractivity contribution < 1.29 is 4.79 Å². The summed E-state index contributed by atoms with van der Waals surface area (Å²) in [6, 6.07) is 7.74. The van der Waals surface area contributed by atoms with Gasteiger partial charge in [0, 0.05) is 11.1 Å². The first-order chi connectivity index (χ1) is 12.2. The predicted octanol–water partition coefficient (Wildman–Crippen LogP) is 4.26. The molecule has 2 N–H and O–H groups in total. The molecule has 0 spiro atoms. The van der Waals surface area contributed by atoms with Crippen LogP contribution in [0.1, 0.15) is 31.7 Å². The molecule has 2 aromatic heterocycles. The van der Waals surface area contributed by atoms with Gasteiger partial charge in [-0.15, -0.1) is 0 Å². The van der Waals surface area contributed by atoms with Crippen molar-refractivity contribution in [2.75, 3.05) is 11.1 Å². The number of fused-ring (bicyclic) bond motifs is 1. The van der Waals surface area contributed by atoms with Gasteiger partial charge in [-0.3, -0.25) is 4.79 Å². The maximum absolute atomic E-state index is 12.3. The number of thioether (sulfide) groups is 1. The van der Waals surface area contributed by atoms with Crippen LogP contribution < -0.4 is 5.32 Å². The molecule has 0 saturated heterocycles. The number of benzene rings is 1. The number of carbonyl (C=O) groups excluding carboxylic acids is 1. The van der Waals surface area contributed by atoms with E-state index in [2.05, 4.69) is 20.4 Å². The van der Waals surface area contributed by atoms with E-state index in [0.717, 1.165) is 29.7 Å². The van der Waals surface area contributed by atoms with E-state index in [9.17, 15) is 4.79 Å². The second-order valence-electron chi connectivity index (χ2n) is 6.14. The molecule has 130 valence electrons. The van der Waals surface area contributed by atoms with Crippen LogP contribution in [0, 0.1) is 0 Å². The molecule has 25 heavy (non-hydrogen) atoms. The highest BCUT2D eigenvalue weighted by molar-refractivity contribution is 7.99. The van der Waals surface area contributed by atoms with Gasteiger partial charge in [-0.25, -0.2) is 9.67 Å². The molecule has 0 radical (unpaired) electrons. The molecule has 0 unspecified atom stereocenters. The van der Waals surface area contributed by atoms with Gasteiger partial charge in [0.15, 0.2) is 5.16 Å². The number of amides is 1. The Balaban J connectivity index is 1.38. The first-order valence-corrected chi connectivity index (χ1v) is 9.67. The first-order valence-electron chi connectivity index (χ1n) is 8.30. The fourth-order valence-electron chi connectivity index (χ4n) is 3.19. The summed E-state index contributed by atoms with van der Waals surface area (Å²) < 4.78 is 1.94. The third-order valence-electron chi connectivity index (χ3n) is 4.37. The smallest absolute Gasteiger partial charge is 0.235 e. The topological polar surface area (TPSA) is 75.6 Å². The zero-order valence-corrected chi connectivity index (χ0v) is 15.1. The van der Waals surface area contributed by atoms with E-state index < -0.39 is 0 Å².